The van der Waals surface area contributed by atoms with Crippen LogP contribution in [-0.2, 0) is 28.6 Å². The van der Waals surface area contributed by atoms with E-state index in [-0.39, 0.29) is 48.3 Å². The Morgan fingerprint density at radius 1 is 1.03 bits per heavy atom. The number of hydrogen-bond donors (Lipinski definition) is 2. The predicted octanol–water partition coefficient (Wildman–Crippen LogP) is 4.00. The van der Waals surface area contributed by atoms with Crippen LogP contribution in [0.25, 0.3) is 0 Å². The molecule has 2 saturated carbocycles. The van der Waals surface area contributed by atoms with Crippen molar-refractivity contribution in [1.82, 2.24) is 10.6 Å². The van der Waals surface area contributed by atoms with E-state index in [1.54, 1.807) is 13.8 Å². The van der Waals surface area contributed by atoms with Crippen LogP contribution in [0.5, 0.6) is 0 Å². The lowest BCUT2D eigenvalue weighted by molar-refractivity contribution is -0.304. The second kappa shape index (κ2) is 11.6. The van der Waals surface area contributed by atoms with Crippen LogP contribution in [0.3, 0.4) is 0 Å². The number of unbranched alkanes of at least 4 members (excludes halogenated alkanes) is 1. The van der Waals surface area contributed by atoms with Crippen molar-refractivity contribution >= 4 is 17.8 Å². The molecule has 2 amide bonds. The maximum absolute atomic E-state index is 13.1. The first-order valence-corrected chi connectivity index (χ1v) is 13.6. The SMILES string of the molecule is CCCCC1(C(=O)N[C@H]2CCCC[C@@H]2OC(=O)CCNC(=O)C2OC(C)(C)OCC2(C)C)CCC1. The van der Waals surface area contributed by atoms with Crippen molar-refractivity contribution in [2.24, 2.45) is 10.8 Å². The molecule has 0 aromatic heterocycles. The van der Waals surface area contributed by atoms with Gasteiger partial charge in [0.05, 0.1) is 19.1 Å². The number of carbonyl (C=O) groups is 3. The first-order valence-electron chi connectivity index (χ1n) is 13.6. The third-order valence-electron chi connectivity index (χ3n) is 7.87. The van der Waals surface area contributed by atoms with Gasteiger partial charge in [-0.2, -0.15) is 0 Å². The average molecular weight is 495 g/mol. The highest BCUT2D eigenvalue weighted by molar-refractivity contribution is 5.84. The van der Waals surface area contributed by atoms with Gasteiger partial charge in [-0.05, 0) is 52.4 Å². The number of amides is 2. The third-order valence-corrected chi connectivity index (χ3v) is 7.87. The van der Waals surface area contributed by atoms with Gasteiger partial charge in [0.15, 0.2) is 5.79 Å². The number of carbonyl (C=O) groups excluding carboxylic acids is 3. The van der Waals surface area contributed by atoms with E-state index in [1.165, 1.54) is 0 Å². The molecule has 1 heterocycles. The van der Waals surface area contributed by atoms with Gasteiger partial charge in [-0.3, -0.25) is 14.4 Å². The Morgan fingerprint density at radius 2 is 1.74 bits per heavy atom. The van der Waals surface area contributed by atoms with Crippen LogP contribution in [0, 0.1) is 10.8 Å². The quantitative estimate of drug-likeness (QED) is 0.445. The molecule has 0 aromatic rings. The fraction of sp³-hybridized carbons (Fsp3) is 0.889. The van der Waals surface area contributed by atoms with Gasteiger partial charge in [0, 0.05) is 17.4 Å². The number of hydrogen-bond acceptors (Lipinski definition) is 6. The van der Waals surface area contributed by atoms with Crippen molar-refractivity contribution in [3.05, 3.63) is 0 Å². The lowest BCUT2D eigenvalue weighted by atomic mass is 9.65. The van der Waals surface area contributed by atoms with Crippen molar-refractivity contribution in [2.45, 2.75) is 129 Å². The van der Waals surface area contributed by atoms with E-state index in [0.29, 0.717) is 6.61 Å². The summed E-state index contributed by atoms with van der Waals surface area (Å²) in [5.74, 6) is -1.29. The number of esters is 1. The minimum absolute atomic E-state index is 0.0797. The summed E-state index contributed by atoms with van der Waals surface area (Å²) in [5.41, 5.74) is -0.691. The van der Waals surface area contributed by atoms with E-state index >= 15 is 0 Å². The molecule has 0 spiro atoms. The van der Waals surface area contributed by atoms with Crippen molar-refractivity contribution in [1.29, 1.82) is 0 Å². The molecule has 3 aliphatic rings. The highest BCUT2D eigenvalue weighted by Crippen LogP contribution is 2.45. The second-order valence-corrected chi connectivity index (χ2v) is 11.8. The molecule has 0 aromatic carbocycles. The minimum atomic E-state index is -0.828. The van der Waals surface area contributed by atoms with E-state index in [9.17, 15) is 14.4 Å². The molecule has 1 unspecified atom stereocenters. The molecule has 2 aliphatic carbocycles. The summed E-state index contributed by atoms with van der Waals surface area (Å²) in [6.45, 7) is 10.2. The molecule has 8 heteroatoms. The monoisotopic (exact) mass is 494 g/mol. The summed E-state index contributed by atoms with van der Waals surface area (Å²) < 4.78 is 17.3. The largest absolute Gasteiger partial charge is 0.460 e. The van der Waals surface area contributed by atoms with Gasteiger partial charge in [0.25, 0.3) is 0 Å². The van der Waals surface area contributed by atoms with Crippen molar-refractivity contribution in [3.8, 4) is 0 Å². The molecular weight excluding hydrogens is 448 g/mol. The molecule has 3 fully saturated rings. The van der Waals surface area contributed by atoms with E-state index in [0.717, 1.165) is 64.2 Å². The van der Waals surface area contributed by atoms with Crippen molar-refractivity contribution in [3.63, 3.8) is 0 Å². The summed E-state index contributed by atoms with van der Waals surface area (Å²) in [4.78, 5) is 38.5. The Morgan fingerprint density at radius 3 is 2.40 bits per heavy atom. The molecule has 0 bridgehead atoms. The third kappa shape index (κ3) is 7.19. The predicted molar refractivity (Wildman–Crippen MR) is 132 cm³/mol. The first kappa shape index (κ1) is 27.9. The molecule has 2 N–H and O–H groups in total. The topological polar surface area (TPSA) is 103 Å². The average Bonchev–Trinajstić information content (AvgIpc) is 2.76. The maximum atomic E-state index is 13.1. The van der Waals surface area contributed by atoms with Crippen LogP contribution in [0.15, 0.2) is 0 Å². The summed E-state index contributed by atoms with van der Waals surface area (Å²) >= 11 is 0. The zero-order valence-corrected chi connectivity index (χ0v) is 22.4. The molecular formula is C27H46N2O6. The fourth-order valence-electron chi connectivity index (χ4n) is 5.36. The van der Waals surface area contributed by atoms with Crippen molar-refractivity contribution in [2.75, 3.05) is 13.2 Å². The Balaban J connectivity index is 1.46. The molecule has 0 radical (unpaired) electrons. The zero-order valence-electron chi connectivity index (χ0n) is 22.4. The number of rotatable bonds is 10. The van der Waals surface area contributed by atoms with Gasteiger partial charge in [-0.25, -0.2) is 0 Å². The maximum Gasteiger partial charge on any atom is 0.307 e. The number of ether oxygens (including phenoxy) is 3. The molecule has 8 nitrogen and oxygen atoms in total. The molecule has 35 heavy (non-hydrogen) atoms. The standard InChI is InChI=1S/C27H46N2O6/c1-6-7-14-27(15-10-16-27)24(32)29-19-11-8-9-12-20(19)34-21(30)13-17-28-23(31)22-25(2,3)18-33-26(4,5)35-22/h19-20,22H,6-18H2,1-5H3,(H,28,31)(H,29,32)/t19-,20-,22?/m0/s1. The molecule has 1 saturated heterocycles. The molecule has 3 atom stereocenters. The van der Waals surface area contributed by atoms with Gasteiger partial charge in [0.1, 0.15) is 12.2 Å². The van der Waals surface area contributed by atoms with Gasteiger partial charge < -0.3 is 24.8 Å². The number of nitrogens with one attached hydrogen (secondary N) is 2. The van der Waals surface area contributed by atoms with Crippen LogP contribution < -0.4 is 10.6 Å². The van der Waals surface area contributed by atoms with Crippen LogP contribution in [-0.4, -0.2) is 55.0 Å². The van der Waals surface area contributed by atoms with Crippen LogP contribution >= 0.6 is 0 Å². The van der Waals surface area contributed by atoms with Crippen LogP contribution in [0.1, 0.15) is 105 Å². The van der Waals surface area contributed by atoms with Crippen LogP contribution in [0.4, 0.5) is 0 Å². The smallest absolute Gasteiger partial charge is 0.307 e. The Kier molecular flexibility index (Phi) is 9.24. The van der Waals surface area contributed by atoms with E-state index < -0.39 is 17.3 Å². The summed E-state index contributed by atoms with van der Waals surface area (Å²) in [5, 5.41) is 6.07. The van der Waals surface area contributed by atoms with Crippen LogP contribution in [0.2, 0.25) is 0 Å². The first-order chi connectivity index (χ1) is 16.5. The summed E-state index contributed by atoms with van der Waals surface area (Å²) in [6.07, 6.45) is 8.82. The van der Waals surface area contributed by atoms with Gasteiger partial charge in [0.2, 0.25) is 11.8 Å². The lowest BCUT2D eigenvalue weighted by Gasteiger charge is -2.44. The molecule has 200 valence electrons. The highest BCUT2D eigenvalue weighted by atomic mass is 16.7. The van der Waals surface area contributed by atoms with Gasteiger partial charge >= 0.3 is 5.97 Å². The molecule has 1 aliphatic heterocycles. The Hall–Kier alpha value is -1.67. The lowest BCUT2D eigenvalue weighted by Crippen LogP contribution is -2.56. The van der Waals surface area contributed by atoms with E-state index in [1.807, 2.05) is 13.8 Å². The van der Waals surface area contributed by atoms with E-state index in [2.05, 4.69) is 17.6 Å². The summed E-state index contributed by atoms with van der Waals surface area (Å²) in [7, 11) is 0. The zero-order chi connectivity index (χ0) is 25.7. The van der Waals surface area contributed by atoms with Gasteiger partial charge in [-0.1, -0.05) is 46.5 Å². The summed E-state index contributed by atoms with van der Waals surface area (Å²) in [6, 6.07) is -0.132. The Bertz CT molecular complexity index is 761. The molecule has 3 rings (SSSR count). The van der Waals surface area contributed by atoms with Crippen molar-refractivity contribution < 1.29 is 28.6 Å². The normalized spacial score (nSPS) is 28.9. The minimum Gasteiger partial charge on any atom is -0.460 e. The second-order valence-electron chi connectivity index (χ2n) is 11.8. The van der Waals surface area contributed by atoms with E-state index in [4.69, 9.17) is 14.2 Å². The highest BCUT2D eigenvalue weighted by Gasteiger charge is 2.46. The van der Waals surface area contributed by atoms with Gasteiger partial charge in [-0.15, -0.1) is 0 Å². The fourth-order valence-corrected chi connectivity index (χ4v) is 5.36. The Labute approximate surface area is 210 Å².